The summed E-state index contributed by atoms with van der Waals surface area (Å²) in [5, 5.41) is 20.7. The van der Waals surface area contributed by atoms with Gasteiger partial charge in [-0.1, -0.05) is 13.8 Å². The fourth-order valence-electron chi connectivity index (χ4n) is 3.16. The van der Waals surface area contributed by atoms with Crippen molar-refractivity contribution in [1.82, 2.24) is 24.1 Å². The Morgan fingerprint density at radius 3 is 2.45 bits per heavy atom. The van der Waals surface area contributed by atoms with E-state index in [1.165, 1.54) is 16.4 Å². The van der Waals surface area contributed by atoms with E-state index in [4.69, 9.17) is 4.74 Å². The molecule has 0 aliphatic rings. The fourth-order valence-corrected chi connectivity index (χ4v) is 5.58. The molecule has 33 heavy (non-hydrogen) atoms. The van der Waals surface area contributed by atoms with Crippen LogP contribution in [-0.4, -0.2) is 64.2 Å². The monoisotopic (exact) mass is 492 g/mol. The third kappa shape index (κ3) is 5.38. The number of sulfonamides is 1. The van der Waals surface area contributed by atoms with Gasteiger partial charge >= 0.3 is 0 Å². The minimum atomic E-state index is -3.83. The van der Waals surface area contributed by atoms with Crippen LogP contribution >= 0.6 is 11.8 Å². The molecule has 0 saturated heterocycles. The van der Waals surface area contributed by atoms with Crippen molar-refractivity contribution >= 4 is 27.5 Å². The molecule has 1 aromatic carbocycles. The molecule has 3 rings (SSSR count). The van der Waals surface area contributed by atoms with E-state index in [2.05, 4.69) is 15.2 Å². The Balaban J connectivity index is 2.03. The van der Waals surface area contributed by atoms with Crippen LogP contribution in [0.15, 0.2) is 57.7 Å². The number of pyridine rings is 1. The number of nitro benzene ring substituents is 1. The van der Waals surface area contributed by atoms with Crippen LogP contribution < -0.4 is 0 Å². The summed E-state index contributed by atoms with van der Waals surface area (Å²) in [7, 11) is -2.26. The van der Waals surface area contributed by atoms with Crippen molar-refractivity contribution in [2.75, 3.05) is 26.8 Å². The van der Waals surface area contributed by atoms with Gasteiger partial charge in [0, 0.05) is 44.2 Å². The van der Waals surface area contributed by atoms with Gasteiger partial charge in [0.25, 0.3) is 5.69 Å². The first-order valence-electron chi connectivity index (χ1n) is 10.1. The van der Waals surface area contributed by atoms with Crippen molar-refractivity contribution in [1.29, 1.82) is 0 Å². The third-order valence-electron chi connectivity index (χ3n) is 4.85. The molecule has 0 spiro atoms. The van der Waals surface area contributed by atoms with Gasteiger partial charge in [0.1, 0.15) is 0 Å². The molecule has 11 nitrogen and oxygen atoms in total. The van der Waals surface area contributed by atoms with Gasteiger partial charge in [-0.15, -0.1) is 10.2 Å². The maximum atomic E-state index is 12.8. The molecule has 0 saturated carbocycles. The van der Waals surface area contributed by atoms with Crippen LogP contribution in [0.3, 0.4) is 0 Å². The molecular formula is C20H24N6O5S2. The second kappa shape index (κ2) is 10.8. The molecule has 0 atom stereocenters. The summed E-state index contributed by atoms with van der Waals surface area (Å²) in [6.07, 6.45) is 3.27. The number of benzene rings is 1. The van der Waals surface area contributed by atoms with E-state index in [0.717, 1.165) is 23.4 Å². The SMILES string of the molecule is CCN(CC)S(=O)(=O)c1ccc(Sc2nnc(-c3ccncc3)n2CCOC)c([N+](=O)[O-])c1. The van der Waals surface area contributed by atoms with E-state index in [9.17, 15) is 18.5 Å². The average Bonchev–Trinajstić information content (AvgIpc) is 3.21. The lowest BCUT2D eigenvalue weighted by Gasteiger charge is -2.18. The summed E-state index contributed by atoms with van der Waals surface area (Å²) in [4.78, 5) is 15.3. The van der Waals surface area contributed by atoms with E-state index in [1.54, 1.807) is 50.1 Å². The molecule has 0 aliphatic carbocycles. The molecule has 3 aromatic rings. The predicted molar refractivity (Wildman–Crippen MR) is 122 cm³/mol. The van der Waals surface area contributed by atoms with Crippen LogP contribution in [0.4, 0.5) is 5.69 Å². The second-order valence-electron chi connectivity index (χ2n) is 6.76. The second-order valence-corrected chi connectivity index (χ2v) is 9.71. The van der Waals surface area contributed by atoms with Crippen LogP contribution in [0.25, 0.3) is 11.4 Å². The van der Waals surface area contributed by atoms with Crippen molar-refractivity contribution in [3.05, 3.63) is 52.8 Å². The van der Waals surface area contributed by atoms with E-state index in [0.29, 0.717) is 24.1 Å². The molecule has 13 heteroatoms. The molecule has 0 amide bonds. The highest BCUT2D eigenvalue weighted by atomic mass is 32.2. The van der Waals surface area contributed by atoms with E-state index >= 15 is 0 Å². The third-order valence-corrected chi connectivity index (χ3v) is 7.94. The Hall–Kier alpha value is -2.87. The molecule has 0 N–H and O–H groups in total. The predicted octanol–water partition coefficient (Wildman–Crippen LogP) is 3.08. The molecule has 0 aliphatic heterocycles. The average molecular weight is 493 g/mol. The Morgan fingerprint density at radius 2 is 1.85 bits per heavy atom. The summed E-state index contributed by atoms with van der Waals surface area (Å²) >= 11 is 1.04. The number of nitro groups is 1. The van der Waals surface area contributed by atoms with Gasteiger partial charge in [0.15, 0.2) is 11.0 Å². The quantitative estimate of drug-likeness (QED) is 0.292. The maximum Gasteiger partial charge on any atom is 0.284 e. The molecule has 176 valence electrons. The minimum Gasteiger partial charge on any atom is -0.383 e. The Labute approximate surface area is 196 Å². The Bertz CT molecular complexity index is 1210. The van der Waals surface area contributed by atoms with E-state index < -0.39 is 14.9 Å². The molecule has 0 unspecified atom stereocenters. The molecular weight excluding hydrogens is 468 g/mol. The summed E-state index contributed by atoms with van der Waals surface area (Å²) in [6.45, 7) is 4.77. The van der Waals surface area contributed by atoms with Crippen molar-refractivity contribution in [3.63, 3.8) is 0 Å². The summed E-state index contributed by atoms with van der Waals surface area (Å²) < 4.78 is 33.9. The van der Waals surface area contributed by atoms with Crippen molar-refractivity contribution in [2.45, 2.75) is 35.3 Å². The molecule has 2 heterocycles. The topological polar surface area (TPSA) is 133 Å². The fraction of sp³-hybridized carbons (Fsp3) is 0.350. The van der Waals surface area contributed by atoms with Crippen LogP contribution in [0.5, 0.6) is 0 Å². The summed E-state index contributed by atoms with van der Waals surface area (Å²) in [5.74, 6) is 0.570. The van der Waals surface area contributed by atoms with Gasteiger partial charge in [0.2, 0.25) is 10.0 Å². The smallest absolute Gasteiger partial charge is 0.284 e. The first-order chi connectivity index (χ1) is 15.8. The lowest BCUT2D eigenvalue weighted by molar-refractivity contribution is -0.388. The lowest BCUT2D eigenvalue weighted by atomic mass is 10.2. The van der Waals surface area contributed by atoms with Crippen LogP contribution in [-0.2, 0) is 21.3 Å². The number of nitrogens with zero attached hydrogens (tertiary/aromatic N) is 6. The minimum absolute atomic E-state index is 0.124. The maximum absolute atomic E-state index is 12.8. The first-order valence-corrected chi connectivity index (χ1v) is 12.4. The Kier molecular flexibility index (Phi) is 8.13. The van der Waals surface area contributed by atoms with E-state index in [-0.39, 0.29) is 28.6 Å². The zero-order valence-corrected chi connectivity index (χ0v) is 20.0. The molecule has 0 radical (unpaired) electrons. The number of hydrogen-bond acceptors (Lipinski definition) is 9. The van der Waals surface area contributed by atoms with Crippen LogP contribution in [0, 0.1) is 10.1 Å². The van der Waals surface area contributed by atoms with Crippen molar-refractivity contribution in [3.8, 4) is 11.4 Å². The van der Waals surface area contributed by atoms with Gasteiger partial charge in [-0.2, -0.15) is 4.31 Å². The summed E-state index contributed by atoms with van der Waals surface area (Å²) in [6, 6.07) is 7.48. The highest BCUT2D eigenvalue weighted by Crippen LogP contribution is 2.37. The highest BCUT2D eigenvalue weighted by molar-refractivity contribution is 7.99. The zero-order chi connectivity index (χ0) is 24.0. The van der Waals surface area contributed by atoms with Gasteiger partial charge in [-0.3, -0.25) is 19.7 Å². The number of rotatable bonds is 11. The number of hydrogen-bond donors (Lipinski definition) is 0. The normalized spacial score (nSPS) is 11.8. The van der Waals surface area contributed by atoms with Gasteiger partial charge < -0.3 is 4.74 Å². The van der Waals surface area contributed by atoms with Gasteiger partial charge in [-0.05, 0) is 36.0 Å². The first kappa shape index (κ1) is 24.8. The molecule has 2 aromatic heterocycles. The van der Waals surface area contributed by atoms with Gasteiger partial charge in [0.05, 0.1) is 27.9 Å². The largest absolute Gasteiger partial charge is 0.383 e. The van der Waals surface area contributed by atoms with E-state index in [1.807, 2.05) is 0 Å². The molecule has 0 fully saturated rings. The van der Waals surface area contributed by atoms with Crippen molar-refractivity contribution in [2.24, 2.45) is 0 Å². The van der Waals surface area contributed by atoms with Gasteiger partial charge in [-0.25, -0.2) is 8.42 Å². The number of ether oxygens (including phenoxy) is 1. The highest BCUT2D eigenvalue weighted by Gasteiger charge is 2.27. The van der Waals surface area contributed by atoms with Crippen LogP contribution in [0.2, 0.25) is 0 Å². The summed E-state index contributed by atoms with van der Waals surface area (Å²) in [5.41, 5.74) is 0.468. The number of methoxy groups -OCH3 is 1. The lowest BCUT2D eigenvalue weighted by Crippen LogP contribution is -2.30. The Morgan fingerprint density at radius 1 is 1.15 bits per heavy atom. The number of aromatic nitrogens is 4. The molecule has 0 bridgehead atoms. The zero-order valence-electron chi connectivity index (χ0n) is 18.4. The van der Waals surface area contributed by atoms with Crippen LogP contribution in [0.1, 0.15) is 13.8 Å². The van der Waals surface area contributed by atoms with Crippen molar-refractivity contribution < 1.29 is 18.1 Å². The standard InChI is InChI=1S/C20H24N6O5S2/c1-4-24(5-2)33(29,30)16-6-7-18(17(14-16)26(27)28)32-20-23-22-19(25(20)12-13-31-3)15-8-10-21-11-9-15/h6-11,14H,4-5,12-13H2,1-3H3.